The third-order valence-electron chi connectivity index (χ3n) is 3.86. The van der Waals surface area contributed by atoms with Gasteiger partial charge in [-0.15, -0.1) is 0 Å². The molecule has 1 aromatic heterocycles. The van der Waals surface area contributed by atoms with E-state index < -0.39 is 0 Å². The molecule has 0 saturated carbocycles. The van der Waals surface area contributed by atoms with Crippen molar-refractivity contribution < 1.29 is 4.79 Å². The molecule has 0 unspecified atom stereocenters. The standard InChI is InChI=1S/C17H19N3O/c21-17(19-10-7-13-5-8-18-9-6-13)16-11-14-3-1-2-4-15(14)12-20-16/h1-6,8-9,16,20H,7,10-12H2,(H,19,21)/t16-/m0/s1. The van der Waals surface area contributed by atoms with Crippen LogP contribution in [0.3, 0.4) is 0 Å². The summed E-state index contributed by atoms with van der Waals surface area (Å²) < 4.78 is 0. The van der Waals surface area contributed by atoms with Crippen molar-refractivity contribution in [1.82, 2.24) is 15.6 Å². The number of pyridine rings is 1. The Morgan fingerprint density at radius 1 is 1.19 bits per heavy atom. The highest BCUT2D eigenvalue weighted by Crippen LogP contribution is 2.16. The summed E-state index contributed by atoms with van der Waals surface area (Å²) in [5.74, 6) is 0.0820. The fourth-order valence-electron chi connectivity index (χ4n) is 2.64. The summed E-state index contributed by atoms with van der Waals surface area (Å²) in [4.78, 5) is 16.2. The van der Waals surface area contributed by atoms with Gasteiger partial charge in [-0.3, -0.25) is 9.78 Å². The molecule has 108 valence electrons. The quantitative estimate of drug-likeness (QED) is 0.892. The molecule has 0 bridgehead atoms. The van der Waals surface area contributed by atoms with Crippen LogP contribution in [0.4, 0.5) is 0 Å². The molecule has 2 heterocycles. The lowest BCUT2D eigenvalue weighted by molar-refractivity contribution is -0.123. The van der Waals surface area contributed by atoms with Gasteiger partial charge >= 0.3 is 0 Å². The molecule has 2 aromatic rings. The van der Waals surface area contributed by atoms with Crippen LogP contribution in [0.5, 0.6) is 0 Å². The van der Waals surface area contributed by atoms with Crippen LogP contribution < -0.4 is 10.6 Å². The van der Waals surface area contributed by atoms with Gasteiger partial charge in [0, 0.05) is 25.5 Å². The fraction of sp³-hybridized carbons (Fsp3) is 0.294. The van der Waals surface area contributed by atoms with Gasteiger partial charge in [0.1, 0.15) is 0 Å². The maximum atomic E-state index is 12.2. The van der Waals surface area contributed by atoms with Crippen LogP contribution in [0.1, 0.15) is 16.7 Å². The average Bonchev–Trinajstić information content (AvgIpc) is 2.55. The van der Waals surface area contributed by atoms with E-state index in [-0.39, 0.29) is 11.9 Å². The maximum absolute atomic E-state index is 12.2. The first-order chi connectivity index (χ1) is 10.3. The molecule has 1 atom stereocenters. The average molecular weight is 281 g/mol. The summed E-state index contributed by atoms with van der Waals surface area (Å²) in [6, 6.07) is 12.1. The minimum atomic E-state index is -0.127. The molecule has 0 fully saturated rings. The molecule has 0 spiro atoms. The van der Waals surface area contributed by atoms with E-state index in [0.717, 1.165) is 19.4 Å². The van der Waals surface area contributed by atoms with Gasteiger partial charge in [-0.25, -0.2) is 0 Å². The first kappa shape index (κ1) is 13.8. The number of fused-ring (bicyclic) bond motifs is 1. The lowest BCUT2D eigenvalue weighted by Crippen LogP contribution is -2.48. The Morgan fingerprint density at radius 3 is 2.76 bits per heavy atom. The molecule has 1 aliphatic heterocycles. The second kappa shape index (κ2) is 6.50. The van der Waals surface area contributed by atoms with Gasteiger partial charge in [0.25, 0.3) is 0 Å². The van der Waals surface area contributed by atoms with Gasteiger partial charge < -0.3 is 10.6 Å². The van der Waals surface area contributed by atoms with Gasteiger partial charge in [0.05, 0.1) is 6.04 Å². The van der Waals surface area contributed by atoms with Crippen molar-refractivity contribution in [2.75, 3.05) is 6.54 Å². The highest BCUT2D eigenvalue weighted by atomic mass is 16.2. The number of hydrogen-bond acceptors (Lipinski definition) is 3. The monoisotopic (exact) mass is 281 g/mol. The molecule has 4 heteroatoms. The van der Waals surface area contributed by atoms with E-state index in [4.69, 9.17) is 0 Å². The number of aromatic nitrogens is 1. The molecular weight excluding hydrogens is 262 g/mol. The van der Waals surface area contributed by atoms with Crippen molar-refractivity contribution in [3.8, 4) is 0 Å². The first-order valence-corrected chi connectivity index (χ1v) is 7.30. The second-order valence-corrected chi connectivity index (χ2v) is 5.30. The molecular formula is C17H19N3O. The first-order valence-electron chi connectivity index (χ1n) is 7.30. The molecule has 0 saturated heterocycles. The summed E-state index contributed by atoms with van der Waals surface area (Å²) in [6.45, 7) is 1.42. The highest BCUT2D eigenvalue weighted by Gasteiger charge is 2.23. The van der Waals surface area contributed by atoms with Crippen LogP contribution in [-0.2, 0) is 24.2 Å². The Labute approximate surface area is 124 Å². The van der Waals surface area contributed by atoms with E-state index in [1.165, 1.54) is 16.7 Å². The predicted octanol–water partition coefficient (Wildman–Crippen LogP) is 1.45. The Balaban J connectivity index is 1.50. The zero-order chi connectivity index (χ0) is 14.5. The molecule has 21 heavy (non-hydrogen) atoms. The maximum Gasteiger partial charge on any atom is 0.237 e. The topological polar surface area (TPSA) is 54.0 Å². The summed E-state index contributed by atoms with van der Waals surface area (Å²) in [6.07, 6.45) is 5.14. The number of amides is 1. The lowest BCUT2D eigenvalue weighted by atomic mass is 9.95. The minimum absolute atomic E-state index is 0.0820. The van der Waals surface area contributed by atoms with Gasteiger partial charge in [-0.05, 0) is 41.7 Å². The van der Waals surface area contributed by atoms with E-state index in [0.29, 0.717) is 6.54 Å². The molecule has 1 amide bonds. The van der Waals surface area contributed by atoms with Gasteiger partial charge in [-0.1, -0.05) is 24.3 Å². The number of hydrogen-bond donors (Lipinski definition) is 2. The number of rotatable bonds is 4. The van der Waals surface area contributed by atoms with Gasteiger partial charge in [-0.2, -0.15) is 0 Å². The van der Waals surface area contributed by atoms with Crippen LogP contribution in [0.2, 0.25) is 0 Å². The molecule has 0 aliphatic carbocycles. The number of benzene rings is 1. The zero-order valence-electron chi connectivity index (χ0n) is 11.9. The highest BCUT2D eigenvalue weighted by molar-refractivity contribution is 5.82. The number of nitrogens with one attached hydrogen (secondary N) is 2. The number of carbonyl (C=O) groups is 1. The smallest absolute Gasteiger partial charge is 0.237 e. The Kier molecular flexibility index (Phi) is 4.26. The van der Waals surface area contributed by atoms with Gasteiger partial charge in [0.15, 0.2) is 0 Å². The van der Waals surface area contributed by atoms with Crippen molar-refractivity contribution in [2.45, 2.75) is 25.4 Å². The van der Waals surface area contributed by atoms with Crippen LogP contribution in [-0.4, -0.2) is 23.5 Å². The van der Waals surface area contributed by atoms with E-state index in [9.17, 15) is 4.79 Å². The zero-order valence-corrected chi connectivity index (χ0v) is 11.9. The summed E-state index contributed by atoms with van der Waals surface area (Å²) in [5, 5.41) is 6.31. The molecule has 1 aliphatic rings. The SMILES string of the molecule is O=C(NCCc1ccncc1)[C@@H]1Cc2ccccc2CN1. The second-order valence-electron chi connectivity index (χ2n) is 5.30. The summed E-state index contributed by atoms with van der Waals surface area (Å²) >= 11 is 0. The lowest BCUT2D eigenvalue weighted by Gasteiger charge is -2.25. The molecule has 3 rings (SSSR count). The van der Waals surface area contributed by atoms with Crippen molar-refractivity contribution in [1.29, 1.82) is 0 Å². The largest absolute Gasteiger partial charge is 0.354 e. The van der Waals surface area contributed by atoms with E-state index in [1.807, 2.05) is 24.3 Å². The van der Waals surface area contributed by atoms with Crippen LogP contribution in [0.25, 0.3) is 0 Å². The minimum Gasteiger partial charge on any atom is -0.354 e. The summed E-state index contributed by atoms with van der Waals surface area (Å²) in [7, 11) is 0. The Hall–Kier alpha value is -2.20. The molecule has 2 N–H and O–H groups in total. The Bertz CT molecular complexity index is 612. The third kappa shape index (κ3) is 3.47. The number of nitrogens with zero attached hydrogens (tertiary/aromatic N) is 1. The van der Waals surface area contributed by atoms with Gasteiger partial charge in [0.2, 0.25) is 5.91 Å². The van der Waals surface area contributed by atoms with E-state index in [2.05, 4.69) is 27.8 Å². The van der Waals surface area contributed by atoms with Crippen LogP contribution in [0, 0.1) is 0 Å². The molecule has 0 radical (unpaired) electrons. The van der Waals surface area contributed by atoms with Crippen LogP contribution >= 0.6 is 0 Å². The number of carbonyl (C=O) groups excluding carboxylic acids is 1. The third-order valence-corrected chi connectivity index (χ3v) is 3.86. The van der Waals surface area contributed by atoms with Crippen molar-refractivity contribution in [2.24, 2.45) is 0 Å². The van der Waals surface area contributed by atoms with Crippen molar-refractivity contribution in [3.05, 3.63) is 65.5 Å². The van der Waals surface area contributed by atoms with E-state index >= 15 is 0 Å². The summed E-state index contributed by atoms with van der Waals surface area (Å²) in [5.41, 5.74) is 3.75. The van der Waals surface area contributed by atoms with Crippen molar-refractivity contribution in [3.63, 3.8) is 0 Å². The van der Waals surface area contributed by atoms with Crippen LogP contribution in [0.15, 0.2) is 48.8 Å². The van der Waals surface area contributed by atoms with Crippen molar-refractivity contribution >= 4 is 5.91 Å². The normalized spacial score (nSPS) is 17.0. The van der Waals surface area contributed by atoms with E-state index in [1.54, 1.807) is 12.4 Å². The Morgan fingerprint density at radius 2 is 1.95 bits per heavy atom. The molecule has 4 nitrogen and oxygen atoms in total. The molecule has 1 aromatic carbocycles. The fourth-order valence-corrected chi connectivity index (χ4v) is 2.64. The predicted molar refractivity (Wildman–Crippen MR) is 81.7 cm³/mol.